The van der Waals surface area contributed by atoms with Crippen molar-refractivity contribution in [1.82, 2.24) is 10.0 Å². The minimum absolute atomic E-state index is 0.207. The maximum atomic E-state index is 12.5. The van der Waals surface area contributed by atoms with Crippen LogP contribution in [0.5, 0.6) is 0 Å². The monoisotopic (exact) mass is 368 g/mol. The summed E-state index contributed by atoms with van der Waals surface area (Å²) >= 11 is 0. The highest BCUT2D eigenvalue weighted by Gasteiger charge is 2.34. The molecule has 3 saturated carbocycles. The molecule has 3 rings (SSSR count). The lowest BCUT2D eigenvalue weighted by atomic mass is 9.68. The van der Waals surface area contributed by atoms with Crippen molar-refractivity contribution in [1.29, 1.82) is 0 Å². The van der Waals surface area contributed by atoms with Gasteiger partial charge >= 0.3 is 0 Å². The van der Waals surface area contributed by atoms with E-state index in [9.17, 15) is 8.42 Å². The second-order valence-electron chi connectivity index (χ2n) is 8.41. The van der Waals surface area contributed by atoms with E-state index in [0.29, 0.717) is 18.5 Å². The zero-order chi connectivity index (χ0) is 17.7. The van der Waals surface area contributed by atoms with Crippen molar-refractivity contribution in [3.8, 4) is 0 Å². The minimum atomic E-state index is -3.17. The van der Waals surface area contributed by atoms with Crippen LogP contribution in [0.1, 0.15) is 70.6 Å². The highest BCUT2D eigenvalue weighted by molar-refractivity contribution is 7.90. The number of sulfonamides is 1. The van der Waals surface area contributed by atoms with Crippen LogP contribution in [0.2, 0.25) is 0 Å². The zero-order valence-corrected chi connectivity index (χ0v) is 16.4. The fourth-order valence-corrected chi connectivity index (χ4v) is 6.91. The summed E-state index contributed by atoms with van der Waals surface area (Å²) in [5.41, 5.74) is 0. The fourth-order valence-electron chi connectivity index (χ4n) is 5.40. The van der Waals surface area contributed by atoms with Gasteiger partial charge in [0.2, 0.25) is 10.0 Å². The van der Waals surface area contributed by atoms with E-state index in [2.05, 4.69) is 16.6 Å². The second-order valence-corrected chi connectivity index (χ2v) is 10.5. The maximum Gasteiger partial charge on any atom is 0.214 e. The summed E-state index contributed by atoms with van der Waals surface area (Å²) in [5.74, 6) is 2.24. The molecular weight excluding hydrogens is 332 g/mol. The van der Waals surface area contributed by atoms with E-state index >= 15 is 0 Å². The van der Waals surface area contributed by atoms with Crippen LogP contribution in [0.4, 0.5) is 0 Å². The number of allylic oxidation sites excluding steroid dienone is 1. The van der Waals surface area contributed by atoms with Crippen molar-refractivity contribution in [3.05, 3.63) is 12.7 Å². The van der Waals surface area contributed by atoms with Crippen molar-refractivity contribution in [2.75, 3.05) is 13.1 Å². The highest BCUT2D eigenvalue weighted by atomic mass is 32.2. The molecule has 25 heavy (non-hydrogen) atoms. The molecule has 0 amide bonds. The molecule has 0 spiro atoms. The Kier molecular flexibility index (Phi) is 6.98. The number of hydrogen-bond donors (Lipinski definition) is 2. The summed E-state index contributed by atoms with van der Waals surface area (Å²) < 4.78 is 27.8. The van der Waals surface area contributed by atoms with E-state index < -0.39 is 10.0 Å². The fraction of sp³-hybridized carbons (Fsp3) is 0.900. The lowest BCUT2D eigenvalue weighted by molar-refractivity contribution is 0.127. The Morgan fingerprint density at radius 3 is 2.36 bits per heavy atom. The average molecular weight is 369 g/mol. The van der Waals surface area contributed by atoms with Gasteiger partial charge in [-0.1, -0.05) is 38.2 Å². The molecule has 3 unspecified atom stereocenters. The SMILES string of the molecule is C=CC1CCC(S(=O)(=O)NCCNC2CCCC3CCCCC32)CC1. The Labute approximate surface area is 154 Å². The van der Waals surface area contributed by atoms with E-state index in [1.165, 1.54) is 44.9 Å². The third-order valence-electron chi connectivity index (χ3n) is 6.90. The molecule has 3 atom stereocenters. The van der Waals surface area contributed by atoms with Crippen molar-refractivity contribution in [2.45, 2.75) is 81.9 Å². The van der Waals surface area contributed by atoms with Crippen LogP contribution in [0.15, 0.2) is 12.7 Å². The summed E-state index contributed by atoms with van der Waals surface area (Å²) in [6.07, 6.45) is 15.0. The maximum absolute atomic E-state index is 12.5. The van der Waals surface area contributed by atoms with Crippen LogP contribution in [0.25, 0.3) is 0 Å². The van der Waals surface area contributed by atoms with Crippen LogP contribution in [-0.4, -0.2) is 32.8 Å². The standard InChI is InChI=1S/C20H36N2O2S/c1-2-16-10-12-18(13-11-16)25(23,24)22-15-14-21-20-9-5-7-17-6-3-4-8-19(17)20/h2,16-22H,1,3-15H2. The third-order valence-corrected chi connectivity index (χ3v) is 8.86. The van der Waals surface area contributed by atoms with Crippen molar-refractivity contribution in [2.24, 2.45) is 17.8 Å². The number of fused-ring (bicyclic) bond motifs is 1. The largest absolute Gasteiger partial charge is 0.312 e. The topological polar surface area (TPSA) is 58.2 Å². The highest BCUT2D eigenvalue weighted by Crippen LogP contribution is 2.40. The van der Waals surface area contributed by atoms with Gasteiger partial charge in [0, 0.05) is 19.1 Å². The number of rotatable bonds is 7. The van der Waals surface area contributed by atoms with Gasteiger partial charge in [-0.15, -0.1) is 6.58 Å². The molecule has 0 heterocycles. The zero-order valence-electron chi connectivity index (χ0n) is 15.6. The first-order valence-electron chi connectivity index (χ1n) is 10.4. The molecule has 0 aliphatic heterocycles. The first-order valence-corrected chi connectivity index (χ1v) is 12.0. The van der Waals surface area contributed by atoms with Crippen molar-refractivity contribution < 1.29 is 8.42 Å². The van der Waals surface area contributed by atoms with Gasteiger partial charge in [0.1, 0.15) is 0 Å². The smallest absolute Gasteiger partial charge is 0.214 e. The van der Waals surface area contributed by atoms with Crippen LogP contribution >= 0.6 is 0 Å². The molecule has 0 bridgehead atoms. The van der Waals surface area contributed by atoms with Crippen LogP contribution in [0, 0.1) is 17.8 Å². The van der Waals surface area contributed by atoms with Crippen LogP contribution in [0.3, 0.4) is 0 Å². The van der Waals surface area contributed by atoms with E-state index in [4.69, 9.17) is 0 Å². The first kappa shape index (κ1) is 19.4. The lowest BCUT2D eigenvalue weighted by Gasteiger charge is -2.42. The molecule has 2 N–H and O–H groups in total. The molecule has 3 aliphatic carbocycles. The van der Waals surface area contributed by atoms with E-state index in [-0.39, 0.29) is 5.25 Å². The van der Waals surface area contributed by atoms with Gasteiger partial charge in [0.15, 0.2) is 0 Å². The summed E-state index contributed by atoms with van der Waals surface area (Å²) in [5, 5.41) is 3.46. The van der Waals surface area contributed by atoms with Gasteiger partial charge in [0.05, 0.1) is 5.25 Å². The Morgan fingerprint density at radius 1 is 0.880 bits per heavy atom. The predicted octanol–water partition coefficient (Wildman–Crippen LogP) is 3.60. The molecule has 3 fully saturated rings. The van der Waals surface area contributed by atoms with Crippen molar-refractivity contribution >= 4 is 10.0 Å². The lowest BCUT2D eigenvalue weighted by Crippen LogP contribution is -2.47. The minimum Gasteiger partial charge on any atom is -0.312 e. The quantitative estimate of drug-likeness (QED) is 0.533. The molecule has 144 valence electrons. The van der Waals surface area contributed by atoms with E-state index in [0.717, 1.165) is 44.1 Å². The van der Waals surface area contributed by atoms with Gasteiger partial charge in [0.25, 0.3) is 0 Å². The van der Waals surface area contributed by atoms with Crippen molar-refractivity contribution in [3.63, 3.8) is 0 Å². The summed E-state index contributed by atoms with van der Waals surface area (Å²) in [6.45, 7) is 5.12. The summed E-state index contributed by atoms with van der Waals surface area (Å²) in [6, 6.07) is 0.603. The van der Waals surface area contributed by atoms with E-state index in [1.807, 2.05) is 6.08 Å². The molecule has 3 aliphatic rings. The number of nitrogens with one attached hydrogen (secondary N) is 2. The third kappa shape index (κ3) is 5.08. The van der Waals surface area contributed by atoms with Gasteiger partial charge in [-0.05, 0) is 56.3 Å². The molecule has 0 aromatic rings. The molecule has 4 nitrogen and oxygen atoms in total. The second kappa shape index (κ2) is 9.01. The average Bonchev–Trinajstić information content (AvgIpc) is 2.65. The number of hydrogen-bond acceptors (Lipinski definition) is 3. The Hall–Kier alpha value is -0.390. The van der Waals surface area contributed by atoms with Gasteiger partial charge in [-0.2, -0.15) is 0 Å². The van der Waals surface area contributed by atoms with E-state index in [1.54, 1.807) is 0 Å². The first-order chi connectivity index (χ1) is 12.1. The molecular formula is C20H36N2O2S. The Morgan fingerprint density at radius 2 is 1.60 bits per heavy atom. The molecule has 0 aromatic heterocycles. The van der Waals surface area contributed by atoms with Gasteiger partial charge < -0.3 is 5.32 Å². The summed E-state index contributed by atoms with van der Waals surface area (Å²) in [4.78, 5) is 0. The van der Waals surface area contributed by atoms with Crippen LogP contribution in [-0.2, 0) is 10.0 Å². The van der Waals surface area contributed by atoms with Crippen LogP contribution < -0.4 is 10.0 Å². The van der Waals surface area contributed by atoms with Gasteiger partial charge in [-0.3, -0.25) is 0 Å². The Bertz CT molecular complexity index is 524. The normalized spacial score (nSPS) is 36.6. The molecule has 0 aromatic carbocycles. The Balaban J connectivity index is 1.39. The van der Waals surface area contributed by atoms with Gasteiger partial charge in [-0.25, -0.2) is 13.1 Å². The summed E-state index contributed by atoms with van der Waals surface area (Å²) in [7, 11) is -3.17. The molecule has 5 heteroatoms. The predicted molar refractivity (Wildman–Crippen MR) is 104 cm³/mol. The molecule has 0 radical (unpaired) electrons. The molecule has 0 saturated heterocycles.